The second kappa shape index (κ2) is 8.05. The highest BCUT2D eigenvalue weighted by Gasteiger charge is 2.10. The molecule has 0 aliphatic carbocycles. The summed E-state index contributed by atoms with van der Waals surface area (Å²) >= 11 is 4.76. The molecule has 1 amide bonds. The number of nitrogens with zero attached hydrogens (tertiary/aromatic N) is 1. The van der Waals surface area contributed by atoms with Crippen LogP contribution in [0.4, 0.5) is 5.13 Å². The van der Waals surface area contributed by atoms with Crippen LogP contribution in [0, 0.1) is 0 Å². The van der Waals surface area contributed by atoms with Gasteiger partial charge in [0.1, 0.15) is 0 Å². The second-order valence-electron chi connectivity index (χ2n) is 4.54. The number of esters is 1. The van der Waals surface area contributed by atoms with Gasteiger partial charge in [-0.05, 0) is 18.1 Å². The number of aryl methyl sites for hydroxylation is 1. The highest BCUT2D eigenvalue weighted by molar-refractivity contribution is 9.10. The van der Waals surface area contributed by atoms with Crippen LogP contribution in [0.25, 0.3) is 0 Å². The van der Waals surface area contributed by atoms with Gasteiger partial charge in [-0.2, -0.15) is 0 Å². The number of methoxy groups -OCH3 is 1. The molecule has 0 saturated carbocycles. The zero-order valence-electron chi connectivity index (χ0n) is 12.0. The van der Waals surface area contributed by atoms with Crippen LogP contribution in [0.5, 0.6) is 0 Å². The highest BCUT2D eigenvalue weighted by atomic mass is 79.9. The van der Waals surface area contributed by atoms with Gasteiger partial charge in [0.2, 0.25) is 5.91 Å². The Hall–Kier alpha value is -1.73. The lowest BCUT2D eigenvalue weighted by atomic mass is 10.1. The molecule has 0 aliphatic rings. The maximum atomic E-state index is 11.9. The van der Waals surface area contributed by atoms with E-state index in [2.05, 4.69) is 31.0 Å². The molecule has 0 unspecified atom stereocenters. The molecule has 7 heteroatoms. The van der Waals surface area contributed by atoms with E-state index in [0.717, 1.165) is 10.0 Å². The third-order valence-corrected chi connectivity index (χ3v) is 4.51. The van der Waals surface area contributed by atoms with Crippen molar-refractivity contribution in [2.75, 3.05) is 12.4 Å². The van der Waals surface area contributed by atoms with Gasteiger partial charge in [0.25, 0.3) is 0 Å². The Morgan fingerprint density at radius 3 is 2.86 bits per heavy atom. The Morgan fingerprint density at radius 1 is 1.36 bits per heavy atom. The van der Waals surface area contributed by atoms with Crippen molar-refractivity contribution in [3.8, 4) is 0 Å². The van der Waals surface area contributed by atoms with Gasteiger partial charge in [0, 0.05) is 16.3 Å². The number of aromatic nitrogens is 1. The number of benzene rings is 1. The van der Waals surface area contributed by atoms with Gasteiger partial charge in [0.05, 0.1) is 19.2 Å². The Morgan fingerprint density at radius 2 is 2.14 bits per heavy atom. The number of carbonyl (C=O) groups is 2. The lowest BCUT2D eigenvalue weighted by Crippen LogP contribution is -2.12. The number of anilines is 1. The predicted octanol–water partition coefficient (Wildman–Crippen LogP) is 3.19. The van der Waals surface area contributed by atoms with Gasteiger partial charge < -0.3 is 10.1 Å². The monoisotopic (exact) mass is 382 g/mol. The molecule has 0 saturated heterocycles. The van der Waals surface area contributed by atoms with Crippen molar-refractivity contribution >= 4 is 44.3 Å². The second-order valence-corrected chi connectivity index (χ2v) is 6.25. The third-order valence-electron chi connectivity index (χ3n) is 2.93. The van der Waals surface area contributed by atoms with E-state index in [0.29, 0.717) is 23.7 Å². The van der Waals surface area contributed by atoms with Crippen molar-refractivity contribution in [1.82, 2.24) is 4.98 Å². The van der Waals surface area contributed by atoms with E-state index in [1.165, 1.54) is 18.4 Å². The number of hydrogen-bond acceptors (Lipinski definition) is 5. The average Bonchev–Trinajstić information content (AvgIpc) is 2.93. The molecule has 22 heavy (non-hydrogen) atoms. The van der Waals surface area contributed by atoms with Gasteiger partial charge in [-0.15, -0.1) is 11.3 Å². The fourth-order valence-electron chi connectivity index (χ4n) is 1.80. The standard InChI is InChI=1S/C15H15BrN2O3S/c1-21-14(20)8-11-9-22-15(17-11)18-13(19)7-6-10-4-2-3-5-12(10)16/h2-5,9H,6-8H2,1H3,(H,17,18,19). The van der Waals surface area contributed by atoms with Crippen molar-refractivity contribution in [3.63, 3.8) is 0 Å². The largest absolute Gasteiger partial charge is 0.469 e. The van der Waals surface area contributed by atoms with E-state index in [-0.39, 0.29) is 18.3 Å². The summed E-state index contributed by atoms with van der Waals surface area (Å²) in [5, 5.41) is 4.98. The molecule has 0 fully saturated rings. The van der Waals surface area contributed by atoms with Gasteiger partial charge in [-0.1, -0.05) is 34.1 Å². The van der Waals surface area contributed by atoms with E-state index in [1.807, 2.05) is 24.3 Å². The Labute approximate surface area is 140 Å². The van der Waals surface area contributed by atoms with Crippen molar-refractivity contribution in [3.05, 3.63) is 45.4 Å². The van der Waals surface area contributed by atoms with Gasteiger partial charge >= 0.3 is 5.97 Å². The minimum absolute atomic E-state index is 0.102. The number of amides is 1. The third kappa shape index (κ3) is 4.92. The molecule has 1 heterocycles. The molecular formula is C15H15BrN2O3S. The van der Waals surface area contributed by atoms with E-state index in [4.69, 9.17) is 0 Å². The van der Waals surface area contributed by atoms with Crippen LogP contribution in [0.15, 0.2) is 34.1 Å². The summed E-state index contributed by atoms with van der Waals surface area (Å²) in [6.07, 6.45) is 1.13. The molecule has 0 spiro atoms. The number of rotatable bonds is 6. The Balaban J connectivity index is 1.85. The summed E-state index contributed by atoms with van der Waals surface area (Å²) in [7, 11) is 1.33. The molecule has 0 atom stereocenters. The van der Waals surface area contributed by atoms with Crippen LogP contribution in [0.1, 0.15) is 17.7 Å². The normalized spacial score (nSPS) is 10.3. The quantitative estimate of drug-likeness (QED) is 0.778. The van der Waals surface area contributed by atoms with Crippen LogP contribution in [-0.4, -0.2) is 24.0 Å². The van der Waals surface area contributed by atoms with Gasteiger partial charge in [-0.3, -0.25) is 9.59 Å². The summed E-state index contributed by atoms with van der Waals surface area (Å²) < 4.78 is 5.57. The van der Waals surface area contributed by atoms with E-state index >= 15 is 0 Å². The number of halogens is 1. The summed E-state index contributed by atoms with van der Waals surface area (Å²) in [5.74, 6) is -0.452. The van der Waals surface area contributed by atoms with Crippen molar-refractivity contribution in [1.29, 1.82) is 0 Å². The first-order valence-corrected chi connectivity index (χ1v) is 8.30. The molecule has 2 rings (SSSR count). The van der Waals surface area contributed by atoms with E-state index in [1.54, 1.807) is 5.38 Å². The molecule has 0 bridgehead atoms. The SMILES string of the molecule is COC(=O)Cc1csc(NC(=O)CCc2ccccc2Br)n1. The number of carbonyl (C=O) groups excluding carboxylic acids is 2. The van der Waals surface area contributed by atoms with E-state index in [9.17, 15) is 9.59 Å². The van der Waals surface area contributed by atoms with Crippen LogP contribution in [-0.2, 0) is 27.2 Å². The maximum Gasteiger partial charge on any atom is 0.311 e. The lowest BCUT2D eigenvalue weighted by Gasteiger charge is -2.04. The molecule has 2 aromatic rings. The molecule has 116 valence electrons. The lowest BCUT2D eigenvalue weighted by molar-refractivity contribution is -0.139. The zero-order valence-corrected chi connectivity index (χ0v) is 14.4. The summed E-state index contributed by atoms with van der Waals surface area (Å²) in [6.45, 7) is 0. The summed E-state index contributed by atoms with van der Waals surface area (Å²) in [6, 6.07) is 7.81. The molecule has 0 aliphatic heterocycles. The Bertz CT molecular complexity index is 672. The minimum atomic E-state index is -0.350. The molecule has 0 radical (unpaired) electrons. The molecule has 1 N–H and O–H groups in total. The first-order chi connectivity index (χ1) is 10.6. The fraction of sp³-hybridized carbons (Fsp3) is 0.267. The smallest absolute Gasteiger partial charge is 0.311 e. The predicted molar refractivity (Wildman–Crippen MR) is 88.9 cm³/mol. The van der Waals surface area contributed by atoms with E-state index < -0.39 is 0 Å². The van der Waals surface area contributed by atoms with Crippen molar-refractivity contribution in [2.24, 2.45) is 0 Å². The average molecular weight is 383 g/mol. The van der Waals surface area contributed by atoms with Crippen molar-refractivity contribution < 1.29 is 14.3 Å². The zero-order chi connectivity index (χ0) is 15.9. The van der Waals surface area contributed by atoms with Crippen LogP contribution >= 0.6 is 27.3 Å². The van der Waals surface area contributed by atoms with Crippen LogP contribution < -0.4 is 5.32 Å². The molecule has 1 aromatic carbocycles. The molecule has 5 nitrogen and oxygen atoms in total. The number of ether oxygens (including phenoxy) is 1. The maximum absolute atomic E-state index is 11.9. The number of hydrogen-bond donors (Lipinski definition) is 1. The van der Waals surface area contributed by atoms with Gasteiger partial charge in [0.15, 0.2) is 5.13 Å². The van der Waals surface area contributed by atoms with Crippen LogP contribution in [0.3, 0.4) is 0 Å². The first-order valence-electron chi connectivity index (χ1n) is 6.63. The molecular weight excluding hydrogens is 368 g/mol. The van der Waals surface area contributed by atoms with Crippen LogP contribution in [0.2, 0.25) is 0 Å². The summed E-state index contributed by atoms with van der Waals surface area (Å²) in [4.78, 5) is 27.3. The summed E-state index contributed by atoms with van der Waals surface area (Å²) in [5.41, 5.74) is 1.68. The van der Waals surface area contributed by atoms with Gasteiger partial charge in [-0.25, -0.2) is 4.98 Å². The topological polar surface area (TPSA) is 68.3 Å². The minimum Gasteiger partial charge on any atom is -0.469 e. The first kappa shape index (κ1) is 16.6. The fourth-order valence-corrected chi connectivity index (χ4v) is 3.01. The Kier molecular flexibility index (Phi) is 6.09. The van der Waals surface area contributed by atoms with Crippen molar-refractivity contribution in [2.45, 2.75) is 19.3 Å². The highest BCUT2D eigenvalue weighted by Crippen LogP contribution is 2.19. The molecule has 1 aromatic heterocycles. The number of nitrogens with one attached hydrogen (secondary N) is 1. The number of thiazole rings is 1.